The van der Waals surface area contributed by atoms with Gasteiger partial charge < -0.3 is 10.0 Å². The van der Waals surface area contributed by atoms with E-state index in [1.54, 1.807) is 4.90 Å². The van der Waals surface area contributed by atoms with Gasteiger partial charge in [0.2, 0.25) is 0 Å². The molecule has 1 saturated heterocycles. The number of carboxylic acid groups (broad SMARTS) is 1. The molecule has 0 unspecified atom stereocenters. The zero-order valence-electron chi connectivity index (χ0n) is 11.0. The smallest absolute Gasteiger partial charge is 0.327 e. The summed E-state index contributed by atoms with van der Waals surface area (Å²) in [4.78, 5) is 27.1. The van der Waals surface area contributed by atoms with Crippen molar-refractivity contribution in [3.05, 3.63) is 29.8 Å². The second-order valence-corrected chi connectivity index (χ2v) is 5.99. The summed E-state index contributed by atoms with van der Waals surface area (Å²) in [5, 5.41) is 9.20. The summed E-state index contributed by atoms with van der Waals surface area (Å²) in [5.41, 5.74) is 2.08. The fourth-order valence-corrected chi connectivity index (χ4v) is 3.86. The third kappa shape index (κ3) is 2.24. The molecule has 2 amide bonds. The predicted molar refractivity (Wildman–Crippen MR) is 78.1 cm³/mol. The molecule has 0 aliphatic carbocycles. The number of benzene rings is 1. The first-order valence-electron chi connectivity index (χ1n) is 6.65. The molecule has 0 bridgehead atoms. The van der Waals surface area contributed by atoms with Crippen LogP contribution < -0.4 is 4.90 Å². The molecule has 106 valence electrons. The van der Waals surface area contributed by atoms with Crippen LogP contribution in [0.25, 0.3) is 0 Å². The highest BCUT2D eigenvalue weighted by molar-refractivity contribution is 7.99. The highest BCUT2D eigenvalue weighted by Gasteiger charge is 2.38. The largest absolute Gasteiger partial charge is 0.480 e. The average Bonchev–Trinajstić information content (AvgIpc) is 2.95. The lowest BCUT2D eigenvalue weighted by Gasteiger charge is -2.33. The van der Waals surface area contributed by atoms with Gasteiger partial charge in [-0.05, 0) is 24.5 Å². The predicted octanol–water partition coefficient (Wildman–Crippen LogP) is 2.02. The van der Waals surface area contributed by atoms with E-state index in [1.165, 1.54) is 16.7 Å². The van der Waals surface area contributed by atoms with Crippen molar-refractivity contribution in [2.24, 2.45) is 0 Å². The molecule has 5 nitrogen and oxygen atoms in total. The number of fused-ring (bicyclic) bond motifs is 1. The molecule has 20 heavy (non-hydrogen) atoms. The van der Waals surface area contributed by atoms with Gasteiger partial charge in [0.05, 0.1) is 5.88 Å². The summed E-state index contributed by atoms with van der Waals surface area (Å²) < 4.78 is 0. The monoisotopic (exact) mass is 292 g/mol. The van der Waals surface area contributed by atoms with Crippen LogP contribution in [0.3, 0.4) is 0 Å². The topological polar surface area (TPSA) is 60.9 Å². The number of amides is 2. The zero-order valence-corrected chi connectivity index (χ0v) is 11.8. The molecule has 2 heterocycles. The lowest BCUT2D eigenvalue weighted by molar-refractivity contribution is -0.140. The van der Waals surface area contributed by atoms with E-state index in [9.17, 15) is 14.7 Å². The number of carboxylic acids is 1. The lowest BCUT2D eigenvalue weighted by atomic mass is 10.0. The number of aliphatic carboxylic acids is 1. The number of hydrogen-bond donors (Lipinski definition) is 1. The number of hydrogen-bond acceptors (Lipinski definition) is 3. The normalized spacial score (nSPS) is 21.7. The minimum absolute atomic E-state index is 0.186. The van der Waals surface area contributed by atoms with Gasteiger partial charge in [-0.3, -0.25) is 4.90 Å². The SMILES string of the molecule is O=C(O)[C@@H]1CSCN1C(=O)N1CCCc2ccccc21. The van der Waals surface area contributed by atoms with Gasteiger partial charge in [0.25, 0.3) is 0 Å². The number of carbonyl (C=O) groups excluding carboxylic acids is 1. The molecule has 0 saturated carbocycles. The van der Waals surface area contributed by atoms with Gasteiger partial charge in [-0.1, -0.05) is 18.2 Å². The number of aryl methyl sites for hydroxylation is 1. The molecule has 1 fully saturated rings. The molecule has 1 N–H and O–H groups in total. The van der Waals surface area contributed by atoms with Gasteiger partial charge in [0.1, 0.15) is 6.04 Å². The summed E-state index contributed by atoms with van der Waals surface area (Å²) in [5.74, 6) is -0.000897. The number of carbonyl (C=O) groups is 2. The number of anilines is 1. The first-order chi connectivity index (χ1) is 9.68. The van der Waals surface area contributed by atoms with Crippen molar-refractivity contribution in [3.63, 3.8) is 0 Å². The Kier molecular flexibility index (Phi) is 3.56. The summed E-state index contributed by atoms with van der Waals surface area (Å²) in [6.07, 6.45) is 1.89. The first-order valence-corrected chi connectivity index (χ1v) is 7.80. The summed E-state index contributed by atoms with van der Waals surface area (Å²) in [6.45, 7) is 0.656. The average molecular weight is 292 g/mol. The van der Waals surface area contributed by atoms with E-state index >= 15 is 0 Å². The number of thioether (sulfide) groups is 1. The van der Waals surface area contributed by atoms with E-state index in [0.29, 0.717) is 18.2 Å². The Morgan fingerprint density at radius 1 is 1.30 bits per heavy atom. The van der Waals surface area contributed by atoms with Crippen LogP contribution in [0.1, 0.15) is 12.0 Å². The molecule has 1 aromatic rings. The van der Waals surface area contributed by atoms with E-state index in [-0.39, 0.29) is 6.03 Å². The Bertz CT molecular complexity index is 549. The van der Waals surface area contributed by atoms with Gasteiger partial charge in [-0.2, -0.15) is 0 Å². The quantitative estimate of drug-likeness (QED) is 0.860. The van der Waals surface area contributed by atoms with E-state index in [4.69, 9.17) is 0 Å². The molecule has 2 aliphatic heterocycles. The van der Waals surface area contributed by atoms with E-state index < -0.39 is 12.0 Å². The van der Waals surface area contributed by atoms with Crippen molar-refractivity contribution in [1.82, 2.24) is 4.90 Å². The Hall–Kier alpha value is -1.69. The summed E-state index contributed by atoms with van der Waals surface area (Å²) in [7, 11) is 0. The summed E-state index contributed by atoms with van der Waals surface area (Å²) >= 11 is 1.49. The molecular weight excluding hydrogens is 276 g/mol. The standard InChI is InChI=1S/C14H16N2O3S/c17-13(18)12-8-20-9-16(12)14(19)15-7-3-5-10-4-1-2-6-11(10)15/h1-2,4,6,12H,3,5,7-9H2,(H,17,18)/t12-/m0/s1. The van der Waals surface area contributed by atoms with E-state index in [1.807, 2.05) is 24.3 Å². The minimum Gasteiger partial charge on any atom is -0.480 e. The molecule has 0 radical (unpaired) electrons. The molecule has 6 heteroatoms. The minimum atomic E-state index is -0.923. The van der Waals surface area contributed by atoms with Gasteiger partial charge in [-0.25, -0.2) is 9.59 Å². The van der Waals surface area contributed by atoms with E-state index in [2.05, 4.69) is 0 Å². The maximum absolute atomic E-state index is 12.7. The maximum atomic E-state index is 12.7. The van der Waals surface area contributed by atoms with Crippen LogP contribution >= 0.6 is 11.8 Å². The first kappa shape index (κ1) is 13.3. The number of urea groups is 1. The zero-order chi connectivity index (χ0) is 14.1. The van der Waals surface area contributed by atoms with Crippen LogP contribution in [0.5, 0.6) is 0 Å². The van der Waals surface area contributed by atoms with Crippen molar-refractivity contribution >= 4 is 29.4 Å². The maximum Gasteiger partial charge on any atom is 0.327 e. The molecule has 0 spiro atoms. The van der Waals surface area contributed by atoms with E-state index in [0.717, 1.165) is 24.1 Å². The van der Waals surface area contributed by atoms with Gasteiger partial charge in [-0.15, -0.1) is 11.8 Å². The van der Waals surface area contributed by atoms with Crippen LogP contribution in [0.2, 0.25) is 0 Å². The van der Waals surface area contributed by atoms with Crippen LogP contribution in [-0.4, -0.2) is 46.2 Å². The third-order valence-electron chi connectivity index (χ3n) is 3.75. The van der Waals surface area contributed by atoms with Crippen molar-refractivity contribution in [2.75, 3.05) is 23.1 Å². The Labute approximate surface area is 121 Å². The second-order valence-electron chi connectivity index (χ2n) is 4.99. The Balaban J connectivity index is 1.87. The molecule has 1 aromatic carbocycles. The van der Waals surface area contributed by atoms with Crippen LogP contribution in [0.4, 0.5) is 10.5 Å². The Morgan fingerprint density at radius 3 is 2.90 bits per heavy atom. The second kappa shape index (κ2) is 5.36. The highest BCUT2D eigenvalue weighted by atomic mass is 32.2. The van der Waals surface area contributed by atoms with Crippen LogP contribution in [0, 0.1) is 0 Å². The van der Waals surface area contributed by atoms with Crippen molar-refractivity contribution in [3.8, 4) is 0 Å². The number of rotatable bonds is 1. The van der Waals surface area contributed by atoms with Gasteiger partial charge in [0.15, 0.2) is 0 Å². The number of nitrogens with zero attached hydrogens (tertiary/aromatic N) is 2. The lowest BCUT2D eigenvalue weighted by Crippen LogP contribution is -2.50. The fourth-order valence-electron chi connectivity index (χ4n) is 2.72. The molecule has 1 atom stereocenters. The fraction of sp³-hybridized carbons (Fsp3) is 0.429. The highest BCUT2D eigenvalue weighted by Crippen LogP contribution is 2.30. The van der Waals surface area contributed by atoms with Gasteiger partial charge in [0, 0.05) is 18.0 Å². The van der Waals surface area contributed by atoms with Gasteiger partial charge >= 0.3 is 12.0 Å². The molecule has 2 aliphatic rings. The molecule has 0 aromatic heterocycles. The van der Waals surface area contributed by atoms with Crippen molar-refractivity contribution in [1.29, 1.82) is 0 Å². The number of para-hydroxylation sites is 1. The molecular formula is C14H16N2O3S. The van der Waals surface area contributed by atoms with Crippen molar-refractivity contribution in [2.45, 2.75) is 18.9 Å². The Morgan fingerprint density at radius 2 is 2.10 bits per heavy atom. The van der Waals surface area contributed by atoms with Crippen molar-refractivity contribution < 1.29 is 14.7 Å². The third-order valence-corrected chi connectivity index (χ3v) is 4.77. The summed E-state index contributed by atoms with van der Waals surface area (Å²) in [6, 6.07) is 6.96. The molecule has 3 rings (SSSR count). The van der Waals surface area contributed by atoms with Crippen LogP contribution in [-0.2, 0) is 11.2 Å². The van der Waals surface area contributed by atoms with Crippen LogP contribution in [0.15, 0.2) is 24.3 Å².